The first kappa shape index (κ1) is 16.4. The lowest BCUT2D eigenvalue weighted by Gasteiger charge is -2.12. The van der Waals surface area contributed by atoms with Crippen LogP contribution in [0, 0.1) is 17.7 Å². The van der Waals surface area contributed by atoms with Crippen LogP contribution in [0.15, 0.2) is 36.4 Å². The predicted octanol–water partition coefficient (Wildman–Crippen LogP) is 3.40. The van der Waals surface area contributed by atoms with Crippen LogP contribution in [0.25, 0.3) is 0 Å². The van der Waals surface area contributed by atoms with Crippen molar-refractivity contribution in [2.24, 2.45) is 11.8 Å². The molecule has 0 bridgehead atoms. The highest BCUT2D eigenvalue weighted by Gasteiger charge is 2.39. The van der Waals surface area contributed by atoms with Crippen molar-refractivity contribution in [2.75, 3.05) is 17.4 Å². The number of hydrogen-bond donors (Lipinski definition) is 2. The highest BCUT2D eigenvalue weighted by atomic mass is 19.1. The molecule has 1 heterocycles. The van der Waals surface area contributed by atoms with Gasteiger partial charge in [-0.15, -0.1) is 0 Å². The zero-order valence-electron chi connectivity index (χ0n) is 14.0. The molecule has 1 aliphatic heterocycles. The summed E-state index contributed by atoms with van der Waals surface area (Å²) in [6.07, 6.45) is 0.825. The molecule has 2 amide bonds. The van der Waals surface area contributed by atoms with E-state index < -0.39 is 11.7 Å². The lowest BCUT2D eigenvalue weighted by Crippen LogP contribution is -2.19. The first-order chi connectivity index (χ1) is 12.5. The van der Waals surface area contributed by atoms with Crippen LogP contribution in [0.5, 0.6) is 11.5 Å². The van der Waals surface area contributed by atoms with Crippen LogP contribution in [0.1, 0.15) is 23.7 Å². The zero-order valence-corrected chi connectivity index (χ0v) is 14.0. The van der Waals surface area contributed by atoms with Gasteiger partial charge in [-0.3, -0.25) is 9.59 Å². The zero-order chi connectivity index (χ0) is 18.3. The van der Waals surface area contributed by atoms with Crippen LogP contribution >= 0.6 is 0 Å². The Labute approximate surface area is 149 Å². The number of nitrogens with one attached hydrogen (secondary N) is 2. The highest BCUT2D eigenvalue weighted by Crippen LogP contribution is 2.39. The van der Waals surface area contributed by atoms with Gasteiger partial charge in [-0.25, -0.2) is 4.39 Å². The van der Waals surface area contributed by atoms with E-state index in [2.05, 4.69) is 10.6 Å². The van der Waals surface area contributed by atoms with Gasteiger partial charge in [0.1, 0.15) is 5.82 Å². The summed E-state index contributed by atoms with van der Waals surface area (Å²) in [5.41, 5.74) is 0.828. The van der Waals surface area contributed by atoms with Crippen molar-refractivity contribution in [1.29, 1.82) is 0 Å². The Balaban J connectivity index is 1.54. The molecular weight excluding hydrogens is 339 g/mol. The number of fused-ring (bicyclic) bond motifs is 1. The molecule has 2 aromatic rings. The van der Waals surface area contributed by atoms with E-state index in [1.807, 2.05) is 6.92 Å². The molecular formula is C19H17FN2O4. The van der Waals surface area contributed by atoms with Crippen LogP contribution in [0.3, 0.4) is 0 Å². The molecule has 7 heteroatoms. The summed E-state index contributed by atoms with van der Waals surface area (Å²) in [4.78, 5) is 24.8. The third-order valence-electron chi connectivity index (χ3n) is 4.56. The van der Waals surface area contributed by atoms with Crippen molar-refractivity contribution in [2.45, 2.75) is 13.3 Å². The second-order valence-electron chi connectivity index (χ2n) is 6.52. The maximum absolute atomic E-state index is 13.7. The third-order valence-corrected chi connectivity index (χ3v) is 4.56. The molecule has 0 aromatic heterocycles. The average molecular weight is 356 g/mol. The van der Waals surface area contributed by atoms with E-state index in [1.165, 1.54) is 12.1 Å². The summed E-state index contributed by atoms with van der Waals surface area (Å²) in [5.74, 6) is 0.173. The maximum atomic E-state index is 13.7. The summed E-state index contributed by atoms with van der Waals surface area (Å²) in [7, 11) is 0. The van der Waals surface area contributed by atoms with E-state index in [-0.39, 0.29) is 29.9 Å². The lowest BCUT2D eigenvalue weighted by atomic mass is 10.1. The van der Waals surface area contributed by atoms with Gasteiger partial charge in [0.05, 0.1) is 11.3 Å². The smallest absolute Gasteiger partial charge is 0.257 e. The Morgan fingerprint density at radius 2 is 1.85 bits per heavy atom. The van der Waals surface area contributed by atoms with Gasteiger partial charge in [0, 0.05) is 17.7 Å². The van der Waals surface area contributed by atoms with E-state index in [0.717, 1.165) is 12.5 Å². The fourth-order valence-corrected chi connectivity index (χ4v) is 2.90. The molecule has 0 spiro atoms. The number of carbonyl (C=O) groups is 2. The Bertz CT molecular complexity index is 899. The molecule has 2 aliphatic rings. The van der Waals surface area contributed by atoms with E-state index in [0.29, 0.717) is 23.1 Å². The van der Waals surface area contributed by atoms with E-state index in [4.69, 9.17) is 9.47 Å². The van der Waals surface area contributed by atoms with Crippen LogP contribution in [-0.2, 0) is 4.79 Å². The Kier molecular flexibility index (Phi) is 3.99. The van der Waals surface area contributed by atoms with Gasteiger partial charge in [-0.05, 0) is 42.7 Å². The number of anilines is 2. The molecule has 0 saturated heterocycles. The molecule has 134 valence electrons. The Hall–Kier alpha value is -3.09. The number of amides is 2. The molecule has 2 atom stereocenters. The van der Waals surface area contributed by atoms with E-state index in [1.54, 1.807) is 18.2 Å². The van der Waals surface area contributed by atoms with Crippen LogP contribution in [0.2, 0.25) is 0 Å². The maximum Gasteiger partial charge on any atom is 0.257 e. The summed E-state index contributed by atoms with van der Waals surface area (Å²) < 4.78 is 24.2. The topological polar surface area (TPSA) is 76.7 Å². The van der Waals surface area contributed by atoms with Gasteiger partial charge < -0.3 is 20.1 Å². The van der Waals surface area contributed by atoms with Gasteiger partial charge in [0.2, 0.25) is 12.7 Å². The Morgan fingerprint density at radius 3 is 2.62 bits per heavy atom. The fraction of sp³-hybridized carbons (Fsp3) is 0.263. The molecule has 2 N–H and O–H groups in total. The fourth-order valence-electron chi connectivity index (χ4n) is 2.90. The predicted molar refractivity (Wildman–Crippen MR) is 92.8 cm³/mol. The number of halogens is 1. The molecule has 1 fully saturated rings. The lowest BCUT2D eigenvalue weighted by molar-refractivity contribution is -0.117. The summed E-state index contributed by atoms with van der Waals surface area (Å²) in [6, 6.07) is 8.69. The van der Waals surface area contributed by atoms with Crippen molar-refractivity contribution in [3.05, 3.63) is 47.8 Å². The number of ether oxygens (including phenoxy) is 2. The van der Waals surface area contributed by atoms with Gasteiger partial charge in [0.25, 0.3) is 5.91 Å². The van der Waals surface area contributed by atoms with Crippen molar-refractivity contribution in [1.82, 2.24) is 0 Å². The first-order valence-corrected chi connectivity index (χ1v) is 8.32. The highest BCUT2D eigenvalue weighted by molar-refractivity contribution is 6.10. The van der Waals surface area contributed by atoms with Gasteiger partial charge in [-0.2, -0.15) is 0 Å². The second kappa shape index (κ2) is 6.33. The summed E-state index contributed by atoms with van der Waals surface area (Å²) in [6.45, 7) is 2.12. The molecule has 0 unspecified atom stereocenters. The largest absolute Gasteiger partial charge is 0.454 e. The normalized spacial score (nSPS) is 19.8. The number of hydrogen-bond acceptors (Lipinski definition) is 4. The van der Waals surface area contributed by atoms with E-state index in [9.17, 15) is 14.0 Å². The monoisotopic (exact) mass is 356 g/mol. The molecule has 2 aromatic carbocycles. The summed E-state index contributed by atoms with van der Waals surface area (Å²) >= 11 is 0. The van der Waals surface area contributed by atoms with Crippen molar-refractivity contribution in [3.8, 4) is 11.5 Å². The standard InChI is InChI=1S/C19H17FN2O4/c1-10-6-13(10)18(23)22-15-4-2-11(20)7-14(15)19(24)21-12-3-5-16-17(8-12)26-9-25-16/h2-5,7-8,10,13H,6,9H2,1H3,(H,21,24)(H,22,23)/t10-,13-/m0/s1. The minimum Gasteiger partial charge on any atom is -0.454 e. The molecule has 6 nitrogen and oxygen atoms in total. The number of benzene rings is 2. The molecule has 1 saturated carbocycles. The van der Waals surface area contributed by atoms with Gasteiger partial charge >= 0.3 is 0 Å². The molecule has 4 rings (SSSR count). The van der Waals surface area contributed by atoms with Crippen molar-refractivity contribution < 1.29 is 23.5 Å². The minimum atomic E-state index is -0.557. The second-order valence-corrected chi connectivity index (χ2v) is 6.52. The average Bonchev–Trinajstić information content (AvgIpc) is 3.16. The van der Waals surface area contributed by atoms with Crippen LogP contribution < -0.4 is 20.1 Å². The van der Waals surface area contributed by atoms with Crippen molar-refractivity contribution >= 4 is 23.2 Å². The Morgan fingerprint density at radius 1 is 1.08 bits per heavy atom. The quantitative estimate of drug-likeness (QED) is 0.880. The minimum absolute atomic E-state index is 0.0511. The van der Waals surface area contributed by atoms with Crippen molar-refractivity contribution in [3.63, 3.8) is 0 Å². The number of rotatable bonds is 4. The molecule has 0 radical (unpaired) electrons. The first-order valence-electron chi connectivity index (χ1n) is 8.32. The SMILES string of the molecule is C[C@H]1C[C@@H]1C(=O)Nc1ccc(F)cc1C(=O)Nc1ccc2c(c1)OCO2. The van der Waals surface area contributed by atoms with Crippen LogP contribution in [0.4, 0.5) is 15.8 Å². The van der Waals surface area contributed by atoms with Gasteiger partial charge in [0.15, 0.2) is 11.5 Å². The van der Waals surface area contributed by atoms with Crippen LogP contribution in [-0.4, -0.2) is 18.6 Å². The van der Waals surface area contributed by atoms with E-state index >= 15 is 0 Å². The molecule has 1 aliphatic carbocycles. The van der Waals surface area contributed by atoms with Gasteiger partial charge in [-0.1, -0.05) is 6.92 Å². The molecule has 26 heavy (non-hydrogen) atoms. The third kappa shape index (κ3) is 3.20. The number of carbonyl (C=O) groups excluding carboxylic acids is 2. The summed E-state index contributed by atoms with van der Waals surface area (Å²) in [5, 5.41) is 5.42.